The van der Waals surface area contributed by atoms with Gasteiger partial charge >= 0.3 is 10.1 Å². The molecule has 0 heterocycles. The maximum atomic E-state index is 11.4. The second-order valence-electron chi connectivity index (χ2n) is 5.44. The molecule has 2 aromatic rings. The first-order valence-corrected chi connectivity index (χ1v) is 9.66. The average molecular weight is 362 g/mol. The Kier molecular flexibility index (Phi) is 7.66. The molecule has 0 amide bonds. The van der Waals surface area contributed by atoms with Crippen LogP contribution in [0.2, 0.25) is 0 Å². The van der Waals surface area contributed by atoms with Gasteiger partial charge in [0.25, 0.3) is 0 Å². The van der Waals surface area contributed by atoms with E-state index in [1.807, 2.05) is 60.7 Å². The lowest BCUT2D eigenvalue weighted by atomic mass is 10.2. The van der Waals surface area contributed by atoms with E-state index in [0.29, 0.717) is 13.2 Å². The van der Waals surface area contributed by atoms with Gasteiger partial charge in [0, 0.05) is 0 Å². The monoisotopic (exact) mass is 362 g/mol. The van der Waals surface area contributed by atoms with Gasteiger partial charge in [0.2, 0.25) is 0 Å². The predicted octanol–water partition coefficient (Wildman–Crippen LogP) is 3.28. The van der Waals surface area contributed by atoms with Crippen molar-refractivity contribution in [2.45, 2.75) is 13.2 Å². The van der Waals surface area contributed by atoms with Crippen molar-refractivity contribution in [1.29, 1.82) is 0 Å². The molecule has 0 aliphatic carbocycles. The zero-order chi connectivity index (χ0) is 18.0. The van der Waals surface area contributed by atoms with Crippen LogP contribution in [0.4, 0.5) is 0 Å². The Hall–Kier alpha value is -2.15. The summed E-state index contributed by atoms with van der Waals surface area (Å²) in [6.45, 7) is 1.09. The minimum atomic E-state index is -3.61. The Labute approximate surface area is 149 Å². The molecule has 5 nitrogen and oxygen atoms in total. The standard InChI is InChI=1S/C19H22O5S/c1-25(20,21)24-19(16-23-15-18-10-6-3-7-11-18)12-13-22-14-17-8-4-2-5-9-17/h2-12H,13-16H2,1H3/b19-12+. The van der Waals surface area contributed by atoms with Crippen LogP contribution in [-0.2, 0) is 37.0 Å². The first-order valence-electron chi connectivity index (χ1n) is 7.85. The lowest BCUT2D eigenvalue weighted by Gasteiger charge is -2.10. The lowest BCUT2D eigenvalue weighted by molar-refractivity contribution is 0.115. The molecule has 0 bridgehead atoms. The molecular weight excluding hydrogens is 340 g/mol. The third-order valence-electron chi connectivity index (χ3n) is 3.15. The van der Waals surface area contributed by atoms with E-state index in [1.165, 1.54) is 0 Å². The Morgan fingerprint density at radius 2 is 1.40 bits per heavy atom. The highest BCUT2D eigenvalue weighted by Crippen LogP contribution is 2.08. The van der Waals surface area contributed by atoms with Gasteiger partial charge in [0.15, 0.2) is 0 Å². The number of benzene rings is 2. The molecule has 0 aromatic heterocycles. The minimum Gasteiger partial charge on any atom is -0.385 e. The summed E-state index contributed by atoms with van der Waals surface area (Å²) in [4.78, 5) is 0. The Morgan fingerprint density at radius 3 is 1.92 bits per heavy atom. The molecule has 2 rings (SSSR count). The number of rotatable bonds is 10. The van der Waals surface area contributed by atoms with Gasteiger partial charge in [-0.1, -0.05) is 60.7 Å². The van der Waals surface area contributed by atoms with Crippen molar-refractivity contribution in [1.82, 2.24) is 0 Å². The molecule has 134 valence electrons. The van der Waals surface area contributed by atoms with Crippen molar-refractivity contribution in [2.75, 3.05) is 19.5 Å². The first-order chi connectivity index (χ1) is 12.0. The summed E-state index contributed by atoms with van der Waals surface area (Å²) < 4.78 is 38.7. The molecule has 0 N–H and O–H groups in total. The summed E-state index contributed by atoms with van der Waals surface area (Å²) in [5.74, 6) is 0.214. The average Bonchev–Trinajstić information content (AvgIpc) is 2.59. The Bertz CT molecular complexity index is 755. The molecule has 0 atom stereocenters. The molecule has 0 aliphatic heterocycles. The fourth-order valence-corrected chi connectivity index (χ4v) is 2.56. The third-order valence-corrected chi connectivity index (χ3v) is 3.67. The van der Waals surface area contributed by atoms with Crippen LogP contribution in [0.25, 0.3) is 0 Å². The molecule has 0 spiro atoms. The maximum absolute atomic E-state index is 11.4. The van der Waals surface area contributed by atoms with Crippen LogP contribution in [0.15, 0.2) is 72.5 Å². The van der Waals surface area contributed by atoms with Crippen molar-refractivity contribution in [3.63, 3.8) is 0 Å². The second-order valence-corrected chi connectivity index (χ2v) is 7.01. The number of hydrogen-bond acceptors (Lipinski definition) is 5. The maximum Gasteiger partial charge on any atom is 0.306 e. The van der Waals surface area contributed by atoms with Gasteiger partial charge in [-0.05, 0) is 17.2 Å². The van der Waals surface area contributed by atoms with Gasteiger partial charge in [-0.25, -0.2) is 0 Å². The van der Waals surface area contributed by atoms with Crippen molar-refractivity contribution >= 4 is 10.1 Å². The fraction of sp³-hybridized carbons (Fsp3) is 0.263. The van der Waals surface area contributed by atoms with Gasteiger partial charge in [-0.15, -0.1) is 0 Å². The number of hydrogen-bond donors (Lipinski definition) is 0. The molecule has 6 heteroatoms. The van der Waals surface area contributed by atoms with E-state index < -0.39 is 10.1 Å². The third kappa shape index (κ3) is 8.49. The highest BCUT2D eigenvalue weighted by molar-refractivity contribution is 7.86. The van der Waals surface area contributed by atoms with Gasteiger partial charge in [0.05, 0.1) is 26.1 Å². The molecule has 0 unspecified atom stereocenters. The van der Waals surface area contributed by atoms with Crippen LogP contribution >= 0.6 is 0 Å². The van der Waals surface area contributed by atoms with E-state index in [-0.39, 0.29) is 19.0 Å². The number of ether oxygens (including phenoxy) is 2. The van der Waals surface area contributed by atoms with E-state index in [1.54, 1.807) is 6.08 Å². The smallest absolute Gasteiger partial charge is 0.306 e. The van der Waals surface area contributed by atoms with E-state index in [9.17, 15) is 8.42 Å². The summed E-state index contributed by atoms with van der Waals surface area (Å²) in [5, 5.41) is 0. The molecule has 0 aliphatic rings. The molecule has 25 heavy (non-hydrogen) atoms. The SMILES string of the molecule is CS(=O)(=O)O/C(=C/COCc1ccccc1)COCc1ccccc1. The first kappa shape index (κ1) is 19.2. The summed E-state index contributed by atoms with van der Waals surface area (Å²) in [6, 6.07) is 19.3. The van der Waals surface area contributed by atoms with Crippen LogP contribution in [-0.4, -0.2) is 27.9 Å². The minimum absolute atomic E-state index is 0.0522. The lowest BCUT2D eigenvalue weighted by Crippen LogP contribution is -2.09. The predicted molar refractivity (Wildman–Crippen MR) is 96.2 cm³/mol. The van der Waals surface area contributed by atoms with Crippen molar-refractivity contribution in [3.05, 3.63) is 83.6 Å². The summed E-state index contributed by atoms with van der Waals surface area (Å²) in [7, 11) is -3.61. The highest BCUT2D eigenvalue weighted by atomic mass is 32.2. The van der Waals surface area contributed by atoms with Crippen LogP contribution in [0.1, 0.15) is 11.1 Å². The van der Waals surface area contributed by atoms with Gasteiger partial charge in [-0.3, -0.25) is 0 Å². The zero-order valence-electron chi connectivity index (χ0n) is 14.1. The molecule has 0 radical (unpaired) electrons. The van der Waals surface area contributed by atoms with Crippen LogP contribution < -0.4 is 0 Å². The quantitative estimate of drug-likeness (QED) is 0.369. The Morgan fingerprint density at radius 1 is 0.880 bits per heavy atom. The van der Waals surface area contributed by atoms with E-state index in [0.717, 1.165) is 17.4 Å². The molecule has 0 fully saturated rings. The highest BCUT2D eigenvalue weighted by Gasteiger charge is 2.08. The van der Waals surface area contributed by atoms with Crippen LogP contribution in [0.3, 0.4) is 0 Å². The normalized spacial score (nSPS) is 12.1. The van der Waals surface area contributed by atoms with Crippen LogP contribution in [0, 0.1) is 0 Å². The summed E-state index contributed by atoms with van der Waals surface area (Å²) in [5.41, 5.74) is 2.04. The molecule has 0 saturated heterocycles. The Balaban J connectivity index is 1.83. The molecule has 2 aromatic carbocycles. The summed E-state index contributed by atoms with van der Waals surface area (Å²) in [6.07, 6.45) is 2.58. The van der Waals surface area contributed by atoms with Crippen molar-refractivity contribution < 1.29 is 22.1 Å². The fourth-order valence-electron chi connectivity index (χ4n) is 2.06. The largest absolute Gasteiger partial charge is 0.385 e. The van der Waals surface area contributed by atoms with Crippen LogP contribution in [0.5, 0.6) is 0 Å². The van der Waals surface area contributed by atoms with Gasteiger partial charge in [-0.2, -0.15) is 8.42 Å². The van der Waals surface area contributed by atoms with Crippen molar-refractivity contribution in [2.24, 2.45) is 0 Å². The van der Waals surface area contributed by atoms with E-state index in [4.69, 9.17) is 13.7 Å². The molecular formula is C19H22O5S. The molecule has 0 saturated carbocycles. The second kappa shape index (κ2) is 9.98. The van der Waals surface area contributed by atoms with E-state index >= 15 is 0 Å². The topological polar surface area (TPSA) is 61.8 Å². The van der Waals surface area contributed by atoms with Crippen molar-refractivity contribution in [3.8, 4) is 0 Å². The van der Waals surface area contributed by atoms with Gasteiger partial charge in [0.1, 0.15) is 12.4 Å². The van der Waals surface area contributed by atoms with Gasteiger partial charge < -0.3 is 13.7 Å². The summed E-state index contributed by atoms with van der Waals surface area (Å²) >= 11 is 0. The zero-order valence-corrected chi connectivity index (χ0v) is 14.9. The van der Waals surface area contributed by atoms with E-state index in [2.05, 4.69) is 0 Å².